The van der Waals surface area contributed by atoms with Gasteiger partial charge in [-0.25, -0.2) is 28.2 Å². The van der Waals surface area contributed by atoms with Crippen LogP contribution in [0, 0.1) is 13.8 Å². The first-order valence-corrected chi connectivity index (χ1v) is 12.7. The Hall–Kier alpha value is -2.99. The Morgan fingerprint density at radius 2 is 1.85 bits per heavy atom. The molecule has 34 heavy (non-hydrogen) atoms. The topological polar surface area (TPSA) is 141 Å². The lowest BCUT2D eigenvalue weighted by atomic mass is 10.1. The molecular formula is C22H30N4O7S. The Balaban J connectivity index is 1.66. The highest BCUT2D eigenvalue weighted by molar-refractivity contribution is 7.91. The summed E-state index contributed by atoms with van der Waals surface area (Å²) in [5.41, 5.74) is 0.945. The Morgan fingerprint density at radius 1 is 1.18 bits per heavy atom. The molecule has 1 saturated heterocycles. The van der Waals surface area contributed by atoms with Gasteiger partial charge in [0.25, 0.3) is 0 Å². The summed E-state index contributed by atoms with van der Waals surface area (Å²) in [5, 5.41) is 8.82. The van der Waals surface area contributed by atoms with Crippen LogP contribution in [0.3, 0.4) is 0 Å². The van der Waals surface area contributed by atoms with E-state index in [-0.39, 0.29) is 29.2 Å². The van der Waals surface area contributed by atoms with Gasteiger partial charge < -0.3 is 24.2 Å². The van der Waals surface area contributed by atoms with Gasteiger partial charge in [-0.2, -0.15) is 0 Å². The smallest absolute Gasteiger partial charge is 0.410 e. The van der Waals surface area contributed by atoms with E-state index in [1.807, 2.05) is 13.8 Å². The summed E-state index contributed by atoms with van der Waals surface area (Å²) >= 11 is 0. The van der Waals surface area contributed by atoms with Crippen LogP contribution in [-0.4, -0.2) is 77.1 Å². The molecule has 0 atom stereocenters. The first kappa shape index (κ1) is 25.6. The number of piperidine rings is 1. The van der Waals surface area contributed by atoms with E-state index < -0.39 is 22.2 Å². The van der Waals surface area contributed by atoms with Crippen LogP contribution in [0.1, 0.15) is 37.9 Å². The van der Waals surface area contributed by atoms with Gasteiger partial charge in [0.2, 0.25) is 11.8 Å². The molecule has 0 spiro atoms. The van der Waals surface area contributed by atoms with Gasteiger partial charge in [-0.1, -0.05) is 0 Å². The molecule has 1 aliphatic rings. The zero-order chi connectivity index (χ0) is 24.9. The standard InChI is InChI=1S/C22H30N4O7S/c1-14(2)31-22(28)26-9-7-17(8-10-26)32-20-15(3)21(24-13-23-20)33-18-5-6-19(25-16(18)4)34(29,30)12-11-27/h5-6,13-14,17,27H,7-12H2,1-4H3. The molecule has 3 rings (SSSR count). The number of carbonyl (C=O) groups is 1. The van der Waals surface area contributed by atoms with Gasteiger partial charge in [0, 0.05) is 25.9 Å². The molecule has 2 aromatic heterocycles. The third-order valence-electron chi connectivity index (χ3n) is 5.20. The monoisotopic (exact) mass is 494 g/mol. The number of hydrogen-bond donors (Lipinski definition) is 1. The lowest BCUT2D eigenvalue weighted by molar-refractivity contribution is 0.0505. The van der Waals surface area contributed by atoms with Crippen molar-refractivity contribution in [2.45, 2.75) is 57.8 Å². The number of ether oxygens (including phenoxy) is 3. The molecule has 0 unspecified atom stereocenters. The summed E-state index contributed by atoms with van der Waals surface area (Å²) in [6.45, 7) is 7.60. The summed E-state index contributed by atoms with van der Waals surface area (Å²) in [7, 11) is -3.66. The van der Waals surface area contributed by atoms with E-state index in [0.29, 0.717) is 48.8 Å². The van der Waals surface area contributed by atoms with Crippen molar-refractivity contribution < 1.29 is 32.5 Å². The number of aromatic nitrogens is 3. The number of aryl methyl sites for hydroxylation is 1. The van der Waals surface area contributed by atoms with E-state index in [4.69, 9.17) is 19.3 Å². The SMILES string of the molecule is Cc1nc(S(=O)(=O)CCO)ccc1Oc1ncnc(OC2CCN(C(=O)OC(C)C)CC2)c1C. The number of carbonyl (C=O) groups excluding carboxylic acids is 1. The number of sulfone groups is 1. The third-order valence-corrected chi connectivity index (χ3v) is 6.79. The maximum atomic E-state index is 12.1. The van der Waals surface area contributed by atoms with Crippen molar-refractivity contribution in [2.75, 3.05) is 25.4 Å². The van der Waals surface area contributed by atoms with E-state index in [9.17, 15) is 13.2 Å². The van der Waals surface area contributed by atoms with Crippen LogP contribution >= 0.6 is 0 Å². The van der Waals surface area contributed by atoms with E-state index in [0.717, 1.165) is 0 Å². The molecule has 0 radical (unpaired) electrons. The van der Waals surface area contributed by atoms with Gasteiger partial charge in [-0.3, -0.25) is 0 Å². The molecule has 0 saturated carbocycles. The van der Waals surface area contributed by atoms with Gasteiger partial charge in [0.05, 0.1) is 29.7 Å². The van der Waals surface area contributed by atoms with Crippen molar-refractivity contribution in [2.24, 2.45) is 0 Å². The number of rotatable bonds is 8. The molecule has 11 nitrogen and oxygen atoms in total. The van der Waals surface area contributed by atoms with Crippen LogP contribution in [-0.2, 0) is 14.6 Å². The van der Waals surface area contributed by atoms with Gasteiger partial charge in [-0.05, 0) is 39.8 Å². The summed E-state index contributed by atoms with van der Waals surface area (Å²) in [5.74, 6) is 0.580. The van der Waals surface area contributed by atoms with Crippen LogP contribution in [0.2, 0.25) is 0 Å². The van der Waals surface area contributed by atoms with Gasteiger partial charge in [-0.15, -0.1) is 0 Å². The molecule has 1 amide bonds. The zero-order valence-corrected chi connectivity index (χ0v) is 20.5. The van der Waals surface area contributed by atoms with Crippen LogP contribution in [0.15, 0.2) is 23.5 Å². The highest BCUT2D eigenvalue weighted by atomic mass is 32.2. The van der Waals surface area contributed by atoms with Crippen LogP contribution in [0.4, 0.5) is 4.79 Å². The van der Waals surface area contributed by atoms with Crippen molar-refractivity contribution in [3.63, 3.8) is 0 Å². The Labute approximate surface area is 199 Å². The minimum absolute atomic E-state index is 0.121. The third kappa shape index (κ3) is 6.32. The second kappa shape index (κ2) is 11.0. The van der Waals surface area contributed by atoms with Gasteiger partial charge >= 0.3 is 6.09 Å². The summed E-state index contributed by atoms with van der Waals surface area (Å²) in [4.78, 5) is 26.2. The molecule has 1 N–H and O–H groups in total. The number of aliphatic hydroxyl groups is 1. The van der Waals surface area contributed by atoms with Gasteiger partial charge in [0.15, 0.2) is 20.6 Å². The van der Waals surface area contributed by atoms with E-state index in [1.54, 1.807) is 18.7 Å². The average Bonchev–Trinajstić information content (AvgIpc) is 2.77. The lowest BCUT2D eigenvalue weighted by Crippen LogP contribution is -2.42. The predicted octanol–water partition coefficient (Wildman–Crippen LogP) is 2.43. The van der Waals surface area contributed by atoms with Crippen LogP contribution in [0.25, 0.3) is 0 Å². The molecule has 0 aliphatic carbocycles. The summed E-state index contributed by atoms with van der Waals surface area (Å²) in [6, 6.07) is 2.83. The Bertz CT molecular complexity index is 1120. The molecular weight excluding hydrogens is 464 g/mol. The average molecular weight is 495 g/mol. The largest absolute Gasteiger partial charge is 0.474 e. The van der Waals surface area contributed by atoms with E-state index in [1.165, 1.54) is 18.5 Å². The van der Waals surface area contributed by atoms with Crippen molar-refractivity contribution in [3.8, 4) is 17.5 Å². The fourth-order valence-electron chi connectivity index (χ4n) is 3.37. The number of aliphatic hydroxyl groups excluding tert-OH is 1. The van der Waals surface area contributed by atoms with E-state index >= 15 is 0 Å². The molecule has 0 aromatic carbocycles. The molecule has 1 fully saturated rings. The molecule has 12 heteroatoms. The van der Waals surface area contributed by atoms with Crippen LogP contribution < -0.4 is 9.47 Å². The van der Waals surface area contributed by atoms with Crippen molar-refractivity contribution in [1.29, 1.82) is 0 Å². The molecule has 3 heterocycles. The number of amides is 1. The predicted molar refractivity (Wildman–Crippen MR) is 122 cm³/mol. The number of nitrogens with zero attached hydrogens (tertiary/aromatic N) is 4. The van der Waals surface area contributed by atoms with Gasteiger partial charge in [0.1, 0.15) is 12.4 Å². The fourth-order valence-corrected chi connectivity index (χ4v) is 4.37. The van der Waals surface area contributed by atoms with E-state index in [2.05, 4.69) is 15.0 Å². The molecule has 186 valence electrons. The van der Waals surface area contributed by atoms with Crippen molar-refractivity contribution in [3.05, 3.63) is 29.7 Å². The van der Waals surface area contributed by atoms with Crippen molar-refractivity contribution in [1.82, 2.24) is 19.9 Å². The highest BCUT2D eigenvalue weighted by Crippen LogP contribution is 2.30. The zero-order valence-electron chi connectivity index (χ0n) is 19.7. The second-order valence-corrected chi connectivity index (χ2v) is 10.3. The lowest BCUT2D eigenvalue weighted by Gasteiger charge is -2.31. The molecule has 1 aliphatic heterocycles. The maximum absolute atomic E-state index is 12.1. The minimum atomic E-state index is -3.66. The first-order valence-electron chi connectivity index (χ1n) is 11.0. The highest BCUT2D eigenvalue weighted by Gasteiger charge is 2.26. The number of pyridine rings is 1. The normalized spacial score (nSPS) is 14.8. The fraction of sp³-hybridized carbons (Fsp3) is 0.545. The number of hydrogen-bond acceptors (Lipinski definition) is 10. The second-order valence-electron chi connectivity index (χ2n) is 8.22. The first-order chi connectivity index (χ1) is 16.1. The number of likely N-dealkylation sites (tertiary alicyclic amines) is 1. The summed E-state index contributed by atoms with van der Waals surface area (Å²) in [6.07, 6.45) is 2.00. The Morgan fingerprint density at radius 3 is 2.47 bits per heavy atom. The van der Waals surface area contributed by atoms with Crippen LogP contribution in [0.5, 0.6) is 17.5 Å². The Kier molecular flexibility index (Phi) is 8.26. The maximum Gasteiger partial charge on any atom is 0.410 e. The minimum Gasteiger partial charge on any atom is -0.474 e. The quantitative estimate of drug-likeness (QED) is 0.581. The molecule has 0 bridgehead atoms. The summed E-state index contributed by atoms with van der Waals surface area (Å²) < 4.78 is 41.4. The molecule has 2 aromatic rings. The van der Waals surface area contributed by atoms with Crippen molar-refractivity contribution >= 4 is 15.9 Å².